The average Bonchev–Trinajstić information content (AvgIpc) is 3.13. The number of aryl methyl sites for hydroxylation is 1. The van der Waals surface area contributed by atoms with E-state index in [2.05, 4.69) is 10.4 Å². The normalized spacial score (nSPS) is 11.6. The quantitative estimate of drug-likeness (QED) is 0.711. The van der Waals surface area contributed by atoms with Gasteiger partial charge in [0, 0.05) is 26.0 Å². The number of hydrogen-bond donors (Lipinski definition) is 1. The molecule has 7 nitrogen and oxygen atoms in total. The van der Waals surface area contributed by atoms with Crippen molar-refractivity contribution in [3.63, 3.8) is 0 Å². The Morgan fingerprint density at radius 1 is 1.14 bits per heavy atom. The molecule has 0 saturated heterocycles. The molecule has 0 aliphatic heterocycles. The molecule has 0 radical (unpaired) electrons. The molecule has 146 valence electrons. The second kappa shape index (κ2) is 7.53. The van der Waals surface area contributed by atoms with E-state index in [1.807, 2.05) is 0 Å². The molecule has 2 aromatic carbocycles. The summed E-state index contributed by atoms with van der Waals surface area (Å²) in [5.41, 5.74) is 1.17. The smallest absolute Gasteiger partial charge is 0.276 e. The van der Waals surface area contributed by atoms with Crippen LogP contribution in [-0.4, -0.2) is 42.5 Å². The Morgan fingerprint density at radius 2 is 1.86 bits per heavy atom. The van der Waals surface area contributed by atoms with Crippen molar-refractivity contribution in [3.8, 4) is 5.69 Å². The van der Waals surface area contributed by atoms with Gasteiger partial charge in [0.2, 0.25) is 10.0 Å². The first kappa shape index (κ1) is 19.7. The number of benzene rings is 2. The molecule has 0 atom stereocenters. The molecule has 28 heavy (non-hydrogen) atoms. The van der Waals surface area contributed by atoms with E-state index < -0.39 is 21.7 Å². The monoisotopic (exact) mass is 402 g/mol. The Morgan fingerprint density at radius 3 is 2.54 bits per heavy atom. The molecule has 1 amide bonds. The summed E-state index contributed by atoms with van der Waals surface area (Å²) in [6, 6.07) is 12.1. The van der Waals surface area contributed by atoms with Crippen molar-refractivity contribution in [1.82, 2.24) is 14.1 Å². The third-order valence-electron chi connectivity index (χ3n) is 4.13. The lowest BCUT2D eigenvalue weighted by Crippen LogP contribution is -2.23. The van der Waals surface area contributed by atoms with Crippen LogP contribution in [0.5, 0.6) is 0 Å². The van der Waals surface area contributed by atoms with Gasteiger partial charge in [0.1, 0.15) is 11.5 Å². The zero-order valence-corrected chi connectivity index (χ0v) is 16.4. The van der Waals surface area contributed by atoms with Crippen LogP contribution in [0, 0.1) is 12.7 Å². The van der Waals surface area contributed by atoms with Gasteiger partial charge in [-0.15, -0.1) is 0 Å². The molecule has 3 aromatic rings. The molecule has 1 heterocycles. The van der Waals surface area contributed by atoms with Gasteiger partial charge in [0.05, 0.1) is 4.90 Å². The number of para-hydroxylation sites is 1. The number of hydrogen-bond acceptors (Lipinski definition) is 4. The largest absolute Gasteiger partial charge is 0.321 e. The highest BCUT2D eigenvalue weighted by molar-refractivity contribution is 7.89. The molecule has 0 saturated carbocycles. The number of rotatable bonds is 5. The highest BCUT2D eigenvalue weighted by Crippen LogP contribution is 2.23. The molecule has 0 spiro atoms. The standard InChI is InChI=1S/C19H19FN4O3S/c1-13-8-9-14(12-18(13)28(26,27)23(2)3)21-19(25)16-10-11-24(22-16)17-7-5-4-6-15(17)20/h4-12H,1-3H3,(H,21,25). The van der Waals surface area contributed by atoms with Crippen LogP contribution in [0.3, 0.4) is 0 Å². The Kier molecular flexibility index (Phi) is 5.30. The number of amides is 1. The van der Waals surface area contributed by atoms with Crippen LogP contribution < -0.4 is 5.32 Å². The number of aromatic nitrogens is 2. The number of nitrogens with one attached hydrogen (secondary N) is 1. The molecular weight excluding hydrogens is 383 g/mol. The molecule has 0 aliphatic rings. The lowest BCUT2D eigenvalue weighted by atomic mass is 10.2. The number of carbonyl (C=O) groups is 1. The summed E-state index contributed by atoms with van der Waals surface area (Å²) in [7, 11) is -0.767. The number of nitrogens with zero attached hydrogens (tertiary/aromatic N) is 3. The number of sulfonamides is 1. The predicted octanol–water partition coefficient (Wildman–Crippen LogP) is 2.82. The van der Waals surface area contributed by atoms with Crippen molar-refractivity contribution in [1.29, 1.82) is 0 Å². The van der Waals surface area contributed by atoms with Crippen molar-refractivity contribution in [2.24, 2.45) is 0 Å². The maximum absolute atomic E-state index is 13.9. The molecule has 1 aromatic heterocycles. The topological polar surface area (TPSA) is 84.3 Å². The number of carbonyl (C=O) groups excluding carboxylic acids is 1. The molecule has 0 unspecified atom stereocenters. The van der Waals surface area contributed by atoms with E-state index in [4.69, 9.17) is 0 Å². The van der Waals surface area contributed by atoms with E-state index in [9.17, 15) is 17.6 Å². The lowest BCUT2D eigenvalue weighted by molar-refractivity contribution is 0.102. The molecule has 1 N–H and O–H groups in total. The summed E-state index contributed by atoms with van der Waals surface area (Å²) in [5.74, 6) is -0.998. The predicted molar refractivity (Wildman–Crippen MR) is 104 cm³/mol. The van der Waals surface area contributed by atoms with Crippen LogP contribution in [0.4, 0.5) is 10.1 Å². The van der Waals surface area contributed by atoms with E-state index in [0.29, 0.717) is 11.3 Å². The van der Waals surface area contributed by atoms with Gasteiger partial charge in [-0.05, 0) is 42.8 Å². The minimum Gasteiger partial charge on any atom is -0.321 e. The Labute approximate surface area is 162 Å². The fourth-order valence-electron chi connectivity index (χ4n) is 2.56. The zero-order chi connectivity index (χ0) is 20.5. The van der Waals surface area contributed by atoms with Crippen LogP contribution in [0.2, 0.25) is 0 Å². The first-order valence-corrected chi connectivity index (χ1v) is 9.79. The van der Waals surface area contributed by atoms with Crippen LogP contribution in [0.1, 0.15) is 16.1 Å². The van der Waals surface area contributed by atoms with Crippen molar-refractivity contribution >= 4 is 21.6 Å². The molecular formula is C19H19FN4O3S. The molecule has 0 fully saturated rings. The van der Waals surface area contributed by atoms with Gasteiger partial charge in [-0.1, -0.05) is 18.2 Å². The zero-order valence-electron chi connectivity index (χ0n) is 15.5. The first-order chi connectivity index (χ1) is 13.2. The van der Waals surface area contributed by atoms with Crippen molar-refractivity contribution in [2.45, 2.75) is 11.8 Å². The summed E-state index contributed by atoms with van der Waals surface area (Å²) >= 11 is 0. The van der Waals surface area contributed by atoms with Crippen LogP contribution in [0.15, 0.2) is 59.6 Å². The minimum atomic E-state index is -3.65. The van der Waals surface area contributed by atoms with Gasteiger partial charge in [-0.3, -0.25) is 4.79 Å². The molecule has 3 rings (SSSR count). The van der Waals surface area contributed by atoms with E-state index in [-0.39, 0.29) is 16.3 Å². The van der Waals surface area contributed by atoms with Gasteiger partial charge in [0.25, 0.3) is 5.91 Å². The maximum Gasteiger partial charge on any atom is 0.276 e. The van der Waals surface area contributed by atoms with E-state index in [0.717, 1.165) is 4.31 Å². The fraction of sp³-hybridized carbons (Fsp3) is 0.158. The molecule has 0 aliphatic carbocycles. The van der Waals surface area contributed by atoms with Gasteiger partial charge in [0.15, 0.2) is 5.69 Å². The van der Waals surface area contributed by atoms with Crippen molar-refractivity contribution in [2.75, 3.05) is 19.4 Å². The molecule has 9 heteroatoms. The third-order valence-corrected chi connectivity index (χ3v) is 6.08. The SMILES string of the molecule is Cc1ccc(NC(=O)c2ccn(-c3ccccc3F)n2)cc1S(=O)(=O)N(C)C. The number of anilines is 1. The first-order valence-electron chi connectivity index (χ1n) is 8.35. The van der Waals surface area contributed by atoms with E-state index in [1.165, 1.54) is 43.2 Å². The van der Waals surface area contributed by atoms with Gasteiger partial charge >= 0.3 is 0 Å². The van der Waals surface area contributed by atoms with Gasteiger partial charge < -0.3 is 5.32 Å². The van der Waals surface area contributed by atoms with Crippen molar-refractivity contribution < 1.29 is 17.6 Å². The lowest BCUT2D eigenvalue weighted by Gasteiger charge is -2.15. The van der Waals surface area contributed by atoms with E-state index in [1.54, 1.807) is 37.3 Å². The summed E-state index contributed by atoms with van der Waals surface area (Å²) in [5, 5.41) is 6.72. The summed E-state index contributed by atoms with van der Waals surface area (Å²) < 4.78 is 41.1. The van der Waals surface area contributed by atoms with Crippen LogP contribution in [-0.2, 0) is 10.0 Å². The third kappa shape index (κ3) is 3.80. The second-order valence-corrected chi connectivity index (χ2v) is 8.44. The summed E-state index contributed by atoms with van der Waals surface area (Å²) in [6.07, 6.45) is 1.48. The summed E-state index contributed by atoms with van der Waals surface area (Å²) in [6.45, 7) is 1.68. The highest BCUT2D eigenvalue weighted by Gasteiger charge is 2.21. The Hall–Kier alpha value is -3.04. The van der Waals surface area contributed by atoms with Crippen molar-refractivity contribution in [3.05, 3.63) is 71.8 Å². The molecule has 0 bridgehead atoms. The average molecular weight is 402 g/mol. The maximum atomic E-state index is 13.9. The highest BCUT2D eigenvalue weighted by atomic mass is 32.2. The summed E-state index contributed by atoms with van der Waals surface area (Å²) in [4.78, 5) is 12.6. The second-order valence-electron chi connectivity index (χ2n) is 6.32. The van der Waals surface area contributed by atoms with Gasteiger partial charge in [-0.2, -0.15) is 5.10 Å². The fourth-order valence-corrected chi connectivity index (χ4v) is 3.71. The van der Waals surface area contributed by atoms with Crippen LogP contribution >= 0.6 is 0 Å². The Bertz CT molecular complexity index is 1140. The van der Waals surface area contributed by atoms with Gasteiger partial charge in [-0.25, -0.2) is 21.8 Å². The number of halogens is 1. The minimum absolute atomic E-state index is 0.0702. The Balaban J connectivity index is 1.86. The van der Waals surface area contributed by atoms with Crippen LogP contribution in [0.25, 0.3) is 5.69 Å². The van der Waals surface area contributed by atoms with E-state index >= 15 is 0 Å².